The second-order valence-corrected chi connectivity index (χ2v) is 4.64. The molecule has 0 N–H and O–H groups in total. The molecule has 1 aliphatic heterocycles. The Hall–Kier alpha value is 0.690. The summed E-state index contributed by atoms with van der Waals surface area (Å²) in [6.07, 6.45) is 1.37. The van der Waals surface area contributed by atoms with E-state index in [1.54, 1.807) is 0 Å². The Morgan fingerprint density at radius 3 is 2.67 bits per heavy atom. The molecule has 1 nitrogen and oxygen atoms in total. The Kier molecular flexibility index (Phi) is 2.76. The van der Waals surface area contributed by atoms with Gasteiger partial charge < -0.3 is 4.90 Å². The van der Waals surface area contributed by atoms with Crippen LogP contribution >= 0.6 is 22.6 Å². The van der Waals surface area contributed by atoms with Gasteiger partial charge >= 0.3 is 0 Å². The van der Waals surface area contributed by atoms with Gasteiger partial charge in [0, 0.05) is 10.5 Å². The Balaban J connectivity index is 2.35. The van der Waals surface area contributed by atoms with Crippen molar-refractivity contribution >= 4 is 22.6 Å². The Morgan fingerprint density at radius 2 is 2.22 bits per heavy atom. The molecule has 0 saturated carbocycles. The molecule has 1 unspecified atom stereocenters. The number of alkyl halides is 1. The monoisotopic (exact) mass is 239 g/mol. The summed E-state index contributed by atoms with van der Waals surface area (Å²) in [5, 5.41) is 0. The van der Waals surface area contributed by atoms with Crippen molar-refractivity contribution in [3.05, 3.63) is 0 Å². The fraction of sp³-hybridized carbons (Fsp3) is 1.00. The van der Waals surface area contributed by atoms with Crippen molar-refractivity contribution in [2.75, 3.05) is 20.1 Å². The summed E-state index contributed by atoms with van der Waals surface area (Å²) >= 11 is 2.57. The van der Waals surface area contributed by atoms with E-state index in [-0.39, 0.29) is 0 Å². The second-order valence-electron chi connectivity index (χ2n) is 3.04. The molecule has 0 aromatic rings. The maximum Gasteiger partial charge on any atom is 0.0160 e. The average molecular weight is 239 g/mol. The highest BCUT2D eigenvalue weighted by atomic mass is 127. The van der Waals surface area contributed by atoms with Gasteiger partial charge in [0.2, 0.25) is 0 Å². The van der Waals surface area contributed by atoms with Crippen LogP contribution in [0.15, 0.2) is 0 Å². The molecule has 2 heteroatoms. The first-order valence-corrected chi connectivity index (χ1v) is 4.77. The van der Waals surface area contributed by atoms with Gasteiger partial charge in [0.05, 0.1) is 0 Å². The number of nitrogens with zero attached hydrogens (tertiary/aromatic N) is 1. The molecule has 1 heterocycles. The van der Waals surface area contributed by atoms with Crippen molar-refractivity contribution in [3.8, 4) is 0 Å². The lowest BCUT2D eigenvalue weighted by Crippen LogP contribution is -2.36. The maximum absolute atomic E-state index is 2.57. The highest BCUT2D eigenvalue weighted by Gasteiger charge is 2.20. The number of halogens is 1. The molecule has 1 fully saturated rings. The SMILES string of the molecule is C[C@@H]1CN(C)CCC1I. The van der Waals surface area contributed by atoms with Gasteiger partial charge in [-0.25, -0.2) is 0 Å². The van der Waals surface area contributed by atoms with E-state index in [0.29, 0.717) is 0 Å². The number of piperidine rings is 1. The van der Waals surface area contributed by atoms with Gasteiger partial charge in [-0.3, -0.25) is 0 Å². The van der Waals surface area contributed by atoms with Crippen LogP contribution in [-0.2, 0) is 0 Å². The summed E-state index contributed by atoms with van der Waals surface area (Å²) in [4.78, 5) is 2.42. The molecular weight excluding hydrogens is 225 g/mol. The molecule has 2 atom stereocenters. The maximum atomic E-state index is 2.57. The molecule has 0 aliphatic carbocycles. The minimum Gasteiger partial charge on any atom is -0.306 e. The second kappa shape index (κ2) is 3.19. The van der Waals surface area contributed by atoms with E-state index < -0.39 is 0 Å². The van der Waals surface area contributed by atoms with Gasteiger partial charge in [0.15, 0.2) is 0 Å². The molecular formula is C7H14IN. The molecule has 0 amide bonds. The first-order chi connectivity index (χ1) is 4.20. The predicted molar refractivity (Wildman–Crippen MR) is 49.1 cm³/mol. The van der Waals surface area contributed by atoms with E-state index in [2.05, 4.69) is 41.5 Å². The van der Waals surface area contributed by atoms with E-state index in [9.17, 15) is 0 Å². The van der Waals surface area contributed by atoms with Crippen LogP contribution in [-0.4, -0.2) is 29.0 Å². The molecule has 54 valence electrons. The Bertz CT molecular complexity index is 94.9. The highest BCUT2D eigenvalue weighted by molar-refractivity contribution is 14.1. The Labute approximate surface area is 70.9 Å². The van der Waals surface area contributed by atoms with Crippen LogP contribution in [0.25, 0.3) is 0 Å². The van der Waals surface area contributed by atoms with E-state index in [0.717, 1.165) is 9.84 Å². The van der Waals surface area contributed by atoms with Gasteiger partial charge in [0.25, 0.3) is 0 Å². The van der Waals surface area contributed by atoms with Gasteiger partial charge in [-0.05, 0) is 25.9 Å². The van der Waals surface area contributed by atoms with E-state index in [4.69, 9.17) is 0 Å². The third kappa shape index (κ3) is 2.08. The highest BCUT2D eigenvalue weighted by Crippen LogP contribution is 2.22. The zero-order valence-electron chi connectivity index (χ0n) is 6.10. The molecule has 1 rings (SSSR count). The number of likely N-dealkylation sites (tertiary alicyclic amines) is 1. The van der Waals surface area contributed by atoms with Crippen molar-refractivity contribution in [3.63, 3.8) is 0 Å². The van der Waals surface area contributed by atoms with Crippen molar-refractivity contribution in [2.24, 2.45) is 5.92 Å². The van der Waals surface area contributed by atoms with Crippen LogP contribution in [0.2, 0.25) is 0 Å². The third-order valence-electron chi connectivity index (χ3n) is 2.00. The quantitative estimate of drug-likeness (QED) is 0.460. The fourth-order valence-corrected chi connectivity index (χ4v) is 1.83. The first kappa shape index (κ1) is 7.79. The van der Waals surface area contributed by atoms with Crippen LogP contribution in [0.3, 0.4) is 0 Å². The van der Waals surface area contributed by atoms with Crippen molar-refractivity contribution in [2.45, 2.75) is 17.3 Å². The van der Waals surface area contributed by atoms with Crippen molar-refractivity contribution in [1.29, 1.82) is 0 Å². The third-order valence-corrected chi connectivity index (χ3v) is 3.85. The number of hydrogen-bond acceptors (Lipinski definition) is 1. The molecule has 0 aromatic carbocycles. The predicted octanol–water partition coefficient (Wildman–Crippen LogP) is 1.76. The topological polar surface area (TPSA) is 3.24 Å². The standard InChI is InChI=1S/C7H14IN/c1-6-5-9(2)4-3-7(6)8/h6-7H,3-5H2,1-2H3/t6-,7?/m1/s1. The van der Waals surface area contributed by atoms with Crippen molar-refractivity contribution in [1.82, 2.24) is 4.90 Å². The summed E-state index contributed by atoms with van der Waals surface area (Å²) in [5.74, 6) is 0.893. The van der Waals surface area contributed by atoms with Gasteiger partial charge in [-0.1, -0.05) is 29.5 Å². The molecule has 0 aromatic heterocycles. The zero-order valence-corrected chi connectivity index (χ0v) is 8.26. The van der Waals surface area contributed by atoms with Crippen LogP contribution in [0.5, 0.6) is 0 Å². The lowest BCUT2D eigenvalue weighted by Gasteiger charge is -2.31. The first-order valence-electron chi connectivity index (χ1n) is 3.53. The van der Waals surface area contributed by atoms with E-state index >= 15 is 0 Å². The minimum absolute atomic E-state index is 0.893. The summed E-state index contributed by atoms with van der Waals surface area (Å²) in [6.45, 7) is 4.92. The van der Waals surface area contributed by atoms with Crippen LogP contribution in [0.4, 0.5) is 0 Å². The minimum atomic E-state index is 0.893. The smallest absolute Gasteiger partial charge is 0.0160 e. The normalized spacial score (nSPS) is 39.0. The molecule has 0 radical (unpaired) electrons. The molecule has 0 spiro atoms. The summed E-state index contributed by atoms with van der Waals surface area (Å²) < 4.78 is 0.916. The van der Waals surface area contributed by atoms with Crippen LogP contribution < -0.4 is 0 Å². The summed E-state index contributed by atoms with van der Waals surface area (Å²) in [5.41, 5.74) is 0. The lowest BCUT2D eigenvalue weighted by atomic mass is 10.0. The van der Waals surface area contributed by atoms with E-state index in [1.165, 1.54) is 19.5 Å². The summed E-state index contributed by atoms with van der Waals surface area (Å²) in [7, 11) is 2.21. The number of hydrogen-bond donors (Lipinski definition) is 0. The zero-order chi connectivity index (χ0) is 6.85. The van der Waals surface area contributed by atoms with Gasteiger partial charge in [0.1, 0.15) is 0 Å². The Morgan fingerprint density at radius 1 is 1.56 bits per heavy atom. The number of rotatable bonds is 0. The summed E-state index contributed by atoms with van der Waals surface area (Å²) in [6, 6.07) is 0. The average Bonchev–Trinajstić information content (AvgIpc) is 1.80. The van der Waals surface area contributed by atoms with Crippen LogP contribution in [0, 0.1) is 5.92 Å². The van der Waals surface area contributed by atoms with Crippen molar-refractivity contribution < 1.29 is 0 Å². The fourth-order valence-electron chi connectivity index (χ4n) is 1.33. The lowest BCUT2D eigenvalue weighted by molar-refractivity contribution is 0.233. The van der Waals surface area contributed by atoms with Gasteiger partial charge in [-0.15, -0.1) is 0 Å². The molecule has 1 saturated heterocycles. The van der Waals surface area contributed by atoms with Crippen LogP contribution in [0.1, 0.15) is 13.3 Å². The largest absolute Gasteiger partial charge is 0.306 e. The molecule has 9 heavy (non-hydrogen) atoms. The van der Waals surface area contributed by atoms with Gasteiger partial charge in [-0.2, -0.15) is 0 Å². The van der Waals surface area contributed by atoms with E-state index in [1.807, 2.05) is 0 Å². The molecule has 0 bridgehead atoms. The molecule has 1 aliphatic rings.